The Hall–Kier alpha value is -2.03. The van der Waals surface area contributed by atoms with E-state index in [0.29, 0.717) is 6.54 Å². The summed E-state index contributed by atoms with van der Waals surface area (Å²) in [7, 11) is 1.73. The Labute approximate surface area is 134 Å². The zero-order chi connectivity index (χ0) is 16.4. The molecule has 3 heteroatoms. The average molecular weight is 301 g/mol. The minimum Gasteiger partial charge on any atom is -0.444 e. The van der Waals surface area contributed by atoms with Crippen LogP contribution in [-0.4, -0.2) is 30.2 Å². The summed E-state index contributed by atoms with van der Waals surface area (Å²) in [5.74, 6) is 0. The van der Waals surface area contributed by atoms with Gasteiger partial charge in [-0.15, -0.1) is 0 Å². The van der Waals surface area contributed by atoms with E-state index in [1.54, 1.807) is 11.9 Å². The van der Waals surface area contributed by atoms with Gasteiger partial charge in [-0.3, -0.25) is 0 Å². The molecular weight excluding hydrogens is 274 g/mol. The molecule has 22 heavy (non-hydrogen) atoms. The van der Waals surface area contributed by atoms with Crippen LogP contribution in [0.2, 0.25) is 0 Å². The number of hydrogen-bond acceptors (Lipinski definition) is 2. The number of ether oxygens (including phenoxy) is 1. The molecule has 3 nitrogen and oxygen atoms in total. The molecule has 0 atom stereocenters. The Balaban J connectivity index is 2.22. The summed E-state index contributed by atoms with van der Waals surface area (Å²) in [6.45, 7) is 6.14. The van der Waals surface area contributed by atoms with Crippen molar-refractivity contribution in [3.8, 4) is 0 Å². The zero-order valence-electron chi connectivity index (χ0n) is 14.1. The molecule has 1 rings (SSSR count). The Morgan fingerprint density at radius 1 is 1.14 bits per heavy atom. The Morgan fingerprint density at radius 2 is 1.77 bits per heavy atom. The Kier molecular flexibility index (Phi) is 7.44. The van der Waals surface area contributed by atoms with Gasteiger partial charge in [0, 0.05) is 13.6 Å². The van der Waals surface area contributed by atoms with E-state index in [1.165, 1.54) is 5.56 Å². The van der Waals surface area contributed by atoms with Crippen molar-refractivity contribution in [3.63, 3.8) is 0 Å². The first-order valence-corrected chi connectivity index (χ1v) is 7.68. The molecular formula is C19H27NO2. The standard InChI is InChI=1S/C19H27NO2/c1-19(2,3)22-18(21)20(4)16-12-7-5-6-9-13-17-14-10-8-11-15-17/h5-8,10-12,14-15H,9,13,16H2,1-4H3/b6-5+,12-7+. The monoisotopic (exact) mass is 301 g/mol. The van der Waals surface area contributed by atoms with Gasteiger partial charge in [0.15, 0.2) is 0 Å². The Morgan fingerprint density at radius 3 is 2.41 bits per heavy atom. The average Bonchev–Trinajstić information content (AvgIpc) is 2.45. The molecule has 0 saturated carbocycles. The van der Waals surface area contributed by atoms with Crippen LogP contribution in [-0.2, 0) is 11.2 Å². The van der Waals surface area contributed by atoms with Gasteiger partial charge in [0.05, 0.1) is 0 Å². The lowest BCUT2D eigenvalue weighted by molar-refractivity contribution is 0.0318. The van der Waals surface area contributed by atoms with Crippen molar-refractivity contribution >= 4 is 6.09 Å². The van der Waals surface area contributed by atoms with Gasteiger partial charge in [0.1, 0.15) is 5.60 Å². The molecule has 1 aromatic rings. The summed E-state index contributed by atoms with van der Waals surface area (Å²) in [4.78, 5) is 13.3. The highest BCUT2D eigenvalue weighted by Crippen LogP contribution is 2.09. The zero-order valence-corrected chi connectivity index (χ0v) is 14.1. The second-order valence-corrected chi connectivity index (χ2v) is 6.24. The quantitative estimate of drug-likeness (QED) is 0.719. The minimum absolute atomic E-state index is 0.301. The van der Waals surface area contributed by atoms with Crippen LogP contribution in [0.4, 0.5) is 4.79 Å². The first-order chi connectivity index (χ1) is 10.4. The molecule has 0 unspecified atom stereocenters. The minimum atomic E-state index is -0.452. The van der Waals surface area contributed by atoms with Gasteiger partial charge in [-0.05, 0) is 39.2 Å². The van der Waals surface area contributed by atoms with Crippen LogP contribution in [0.1, 0.15) is 32.8 Å². The van der Waals surface area contributed by atoms with E-state index in [2.05, 4.69) is 30.3 Å². The maximum absolute atomic E-state index is 11.7. The number of aryl methyl sites for hydroxylation is 1. The normalized spacial score (nSPS) is 12.0. The van der Waals surface area contributed by atoms with Crippen molar-refractivity contribution in [1.82, 2.24) is 4.90 Å². The third-order valence-electron chi connectivity index (χ3n) is 2.91. The van der Waals surface area contributed by atoms with Crippen molar-refractivity contribution in [2.45, 2.75) is 39.2 Å². The van der Waals surface area contributed by atoms with Gasteiger partial charge in [-0.25, -0.2) is 4.79 Å². The summed E-state index contributed by atoms with van der Waals surface area (Å²) >= 11 is 0. The van der Waals surface area contributed by atoms with Gasteiger partial charge in [-0.2, -0.15) is 0 Å². The number of nitrogens with zero attached hydrogens (tertiary/aromatic N) is 1. The van der Waals surface area contributed by atoms with Crippen molar-refractivity contribution in [3.05, 3.63) is 60.2 Å². The smallest absolute Gasteiger partial charge is 0.410 e. The molecule has 0 heterocycles. The molecule has 0 aliphatic carbocycles. The molecule has 0 fully saturated rings. The van der Waals surface area contributed by atoms with Crippen LogP contribution < -0.4 is 0 Å². The number of carbonyl (C=O) groups excluding carboxylic acids is 1. The second kappa shape index (κ2) is 9.08. The number of benzene rings is 1. The number of carbonyl (C=O) groups is 1. The summed E-state index contributed by atoms with van der Waals surface area (Å²) in [6, 6.07) is 10.4. The van der Waals surface area contributed by atoms with Gasteiger partial charge in [0.25, 0.3) is 0 Å². The molecule has 0 saturated heterocycles. The summed E-state index contributed by atoms with van der Waals surface area (Å²) in [5, 5.41) is 0. The summed E-state index contributed by atoms with van der Waals surface area (Å²) in [5.41, 5.74) is 0.896. The molecule has 0 N–H and O–H groups in total. The predicted octanol–water partition coefficient (Wildman–Crippen LogP) is 4.60. The summed E-state index contributed by atoms with van der Waals surface area (Å²) in [6.07, 6.45) is 9.82. The third-order valence-corrected chi connectivity index (χ3v) is 2.91. The number of hydrogen-bond donors (Lipinski definition) is 0. The highest BCUT2D eigenvalue weighted by molar-refractivity contribution is 5.67. The van der Waals surface area contributed by atoms with E-state index in [4.69, 9.17) is 4.74 Å². The van der Waals surface area contributed by atoms with Crippen LogP contribution in [0.15, 0.2) is 54.6 Å². The second-order valence-electron chi connectivity index (χ2n) is 6.24. The molecule has 1 amide bonds. The van der Waals surface area contributed by atoms with Gasteiger partial charge < -0.3 is 9.64 Å². The van der Waals surface area contributed by atoms with E-state index >= 15 is 0 Å². The van der Waals surface area contributed by atoms with Gasteiger partial charge in [-0.1, -0.05) is 54.6 Å². The van der Waals surface area contributed by atoms with Gasteiger partial charge in [0.2, 0.25) is 0 Å². The maximum Gasteiger partial charge on any atom is 0.410 e. The van der Waals surface area contributed by atoms with E-state index in [-0.39, 0.29) is 6.09 Å². The van der Waals surface area contributed by atoms with E-state index in [9.17, 15) is 4.79 Å². The van der Waals surface area contributed by atoms with Crippen molar-refractivity contribution in [2.75, 3.05) is 13.6 Å². The first kappa shape index (κ1) is 18.0. The molecule has 1 aromatic carbocycles. The van der Waals surface area contributed by atoms with E-state index in [1.807, 2.05) is 45.1 Å². The van der Waals surface area contributed by atoms with E-state index in [0.717, 1.165) is 12.8 Å². The molecule has 0 aromatic heterocycles. The largest absolute Gasteiger partial charge is 0.444 e. The van der Waals surface area contributed by atoms with Gasteiger partial charge >= 0.3 is 6.09 Å². The first-order valence-electron chi connectivity index (χ1n) is 7.68. The van der Waals surface area contributed by atoms with Crippen molar-refractivity contribution in [1.29, 1.82) is 0 Å². The number of amides is 1. The van der Waals surface area contributed by atoms with Crippen LogP contribution >= 0.6 is 0 Å². The predicted molar refractivity (Wildman–Crippen MR) is 91.9 cm³/mol. The number of likely N-dealkylation sites (N-methyl/N-ethyl adjacent to an activating group) is 1. The fourth-order valence-electron chi connectivity index (χ4n) is 1.78. The lowest BCUT2D eigenvalue weighted by Crippen LogP contribution is -2.34. The third kappa shape index (κ3) is 8.30. The topological polar surface area (TPSA) is 29.5 Å². The van der Waals surface area contributed by atoms with Crippen molar-refractivity contribution < 1.29 is 9.53 Å². The summed E-state index contributed by atoms with van der Waals surface area (Å²) < 4.78 is 5.28. The van der Waals surface area contributed by atoms with Crippen LogP contribution in [0, 0.1) is 0 Å². The molecule has 0 aliphatic heterocycles. The molecule has 0 aliphatic rings. The van der Waals surface area contributed by atoms with E-state index < -0.39 is 5.60 Å². The fourth-order valence-corrected chi connectivity index (χ4v) is 1.78. The molecule has 0 bridgehead atoms. The molecule has 0 radical (unpaired) electrons. The fraction of sp³-hybridized carbons (Fsp3) is 0.421. The highest BCUT2D eigenvalue weighted by atomic mass is 16.6. The lowest BCUT2D eigenvalue weighted by atomic mass is 10.1. The lowest BCUT2D eigenvalue weighted by Gasteiger charge is -2.23. The van der Waals surface area contributed by atoms with Crippen LogP contribution in [0.3, 0.4) is 0 Å². The van der Waals surface area contributed by atoms with Crippen LogP contribution in [0.25, 0.3) is 0 Å². The van der Waals surface area contributed by atoms with Crippen LogP contribution in [0.5, 0.6) is 0 Å². The highest BCUT2D eigenvalue weighted by Gasteiger charge is 2.18. The SMILES string of the molecule is CN(C/C=C/C=C/CCc1ccccc1)C(=O)OC(C)(C)C. The number of allylic oxidation sites excluding steroid dienone is 3. The Bertz CT molecular complexity index is 498. The maximum atomic E-state index is 11.7. The van der Waals surface area contributed by atoms with Crippen molar-refractivity contribution in [2.24, 2.45) is 0 Å². The molecule has 120 valence electrons. The molecule has 0 spiro atoms. The number of rotatable bonds is 6.